The average molecular weight is 425 g/mol. The molecule has 0 unspecified atom stereocenters. The maximum absolute atomic E-state index is 13.1. The van der Waals surface area contributed by atoms with Gasteiger partial charge in [0.25, 0.3) is 5.56 Å². The summed E-state index contributed by atoms with van der Waals surface area (Å²) in [7, 11) is 0. The number of aromatic nitrogens is 3. The van der Waals surface area contributed by atoms with Crippen LogP contribution in [0.15, 0.2) is 41.5 Å². The molecule has 8 heteroatoms. The number of nitrogens with one attached hydrogen (secondary N) is 1. The summed E-state index contributed by atoms with van der Waals surface area (Å²) in [5.74, 6) is -0.171. The third-order valence-electron chi connectivity index (χ3n) is 4.77. The van der Waals surface area contributed by atoms with Crippen molar-refractivity contribution in [3.63, 3.8) is 0 Å². The van der Waals surface area contributed by atoms with Crippen molar-refractivity contribution in [1.29, 1.82) is 0 Å². The zero-order valence-corrected chi connectivity index (χ0v) is 18.0. The SMILES string of the molecule is Cc1nc(NC(=O)CCn2cnc3sc(C)c(-c4ccccc4)c3c2=O)sc1C. The van der Waals surface area contributed by atoms with Crippen LogP contribution in [-0.2, 0) is 11.3 Å². The lowest BCUT2D eigenvalue weighted by atomic mass is 10.0. The molecule has 0 saturated heterocycles. The summed E-state index contributed by atoms with van der Waals surface area (Å²) in [6.07, 6.45) is 1.70. The number of fused-ring (bicyclic) bond motifs is 1. The van der Waals surface area contributed by atoms with Gasteiger partial charge in [-0.15, -0.1) is 22.7 Å². The van der Waals surface area contributed by atoms with Gasteiger partial charge in [-0.1, -0.05) is 30.3 Å². The number of hydrogen-bond acceptors (Lipinski definition) is 6. The highest BCUT2D eigenvalue weighted by atomic mass is 32.1. The Morgan fingerprint density at radius 2 is 1.86 bits per heavy atom. The fourth-order valence-electron chi connectivity index (χ4n) is 3.18. The molecule has 0 fully saturated rings. The third-order valence-corrected chi connectivity index (χ3v) is 6.77. The van der Waals surface area contributed by atoms with Crippen molar-refractivity contribution in [2.24, 2.45) is 0 Å². The second-order valence-electron chi connectivity index (χ2n) is 6.78. The number of carbonyl (C=O) groups excluding carboxylic acids is 1. The summed E-state index contributed by atoms with van der Waals surface area (Å²) in [4.78, 5) is 37.1. The number of anilines is 1. The summed E-state index contributed by atoms with van der Waals surface area (Å²) in [6.45, 7) is 6.15. The Labute approximate surface area is 175 Å². The van der Waals surface area contributed by atoms with Crippen molar-refractivity contribution in [3.8, 4) is 11.1 Å². The Kier molecular flexibility index (Phi) is 5.29. The van der Waals surface area contributed by atoms with Crippen LogP contribution in [0, 0.1) is 20.8 Å². The van der Waals surface area contributed by atoms with E-state index in [-0.39, 0.29) is 24.4 Å². The predicted molar refractivity (Wildman–Crippen MR) is 119 cm³/mol. The van der Waals surface area contributed by atoms with E-state index in [0.29, 0.717) is 10.5 Å². The third kappa shape index (κ3) is 3.86. The lowest BCUT2D eigenvalue weighted by Gasteiger charge is -2.07. The van der Waals surface area contributed by atoms with Crippen LogP contribution in [0.3, 0.4) is 0 Å². The second kappa shape index (κ2) is 7.88. The van der Waals surface area contributed by atoms with E-state index in [4.69, 9.17) is 0 Å². The molecule has 4 aromatic rings. The number of hydrogen-bond donors (Lipinski definition) is 1. The first-order valence-corrected chi connectivity index (χ1v) is 10.8. The van der Waals surface area contributed by atoms with Crippen molar-refractivity contribution in [1.82, 2.24) is 14.5 Å². The van der Waals surface area contributed by atoms with Crippen molar-refractivity contribution in [3.05, 3.63) is 62.5 Å². The largest absolute Gasteiger partial charge is 0.302 e. The van der Waals surface area contributed by atoms with Crippen LogP contribution < -0.4 is 10.9 Å². The monoisotopic (exact) mass is 424 g/mol. The van der Waals surface area contributed by atoms with Crippen LogP contribution in [0.2, 0.25) is 0 Å². The smallest absolute Gasteiger partial charge is 0.262 e. The van der Waals surface area contributed by atoms with Crippen LogP contribution in [0.1, 0.15) is 21.9 Å². The molecular weight excluding hydrogens is 404 g/mol. The van der Waals surface area contributed by atoms with Crippen LogP contribution >= 0.6 is 22.7 Å². The van der Waals surface area contributed by atoms with Gasteiger partial charge in [0, 0.05) is 28.3 Å². The fraction of sp³-hybridized carbons (Fsp3) is 0.238. The number of rotatable bonds is 5. The maximum atomic E-state index is 13.1. The number of amides is 1. The number of thiazole rings is 1. The zero-order valence-electron chi connectivity index (χ0n) is 16.4. The van der Waals surface area contributed by atoms with E-state index in [9.17, 15) is 9.59 Å². The van der Waals surface area contributed by atoms with Gasteiger partial charge in [0.1, 0.15) is 4.83 Å². The topological polar surface area (TPSA) is 76.9 Å². The molecular formula is C21H20N4O2S2. The first-order chi connectivity index (χ1) is 13.9. The average Bonchev–Trinajstić information content (AvgIpc) is 3.20. The second-order valence-corrected chi connectivity index (χ2v) is 9.19. The van der Waals surface area contributed by atoms with E-state index < -0.39 is 0 Å². The molecule has 1 amide bonds. The molecule has 148 valence electrons. The van der Waals surface area contributed by atoms with Gasteiger partial charge in [0.2, 0.25) is 5.91 Å². The lowest BCUT2D eigenvalue weighted by Crippen LogP contribution is -2.23. The van der Waals surface area contributed by atoms with Gasteiger partial charge < -0.3 is 5.32 Å². The molecule has 0 spiro atoms. The van der Waals surface area contributed by atoms with Crippen molar-refractivity contribution in [2.45, 2.75) is 33.7 Å². The van der Waals surface area contributed by atoms with E-state index in [1.54, 1.807) is 0 Å². The summed E-state index contributed by atoms with van der Waals surface area (Å²) in [6, 6.07) is 9.86. The summed E-state index contributed by atoms with van der Waals surface area (Å²) >= 11 is 2.96. The van der Waals surface area contributed by atoms with Crippen molar-refractivity contribution < 1.29 is 4.79 Å². The molecule has 0 atom stereocenters. The van der Waals surface area contributed by atoms with Crippen LogP contribution in [0.4, 0.5) is 5.13 Å². The van der Waals surface area contributed by atoms with Crippen LogP contribution in [0.25, 0.3) is 21.3 Å². The van der Waals surface area contributed by atoms with E-state index >= 15 is 0 Å². The molecule has 0 radical (unpaired) electrons. The molecule has 0 aliphatic rings. The number of carbonyl (C=O) groups is 1. The molecule has 0 aliphatic heterocycles. The van der Waals surface area contributed by atoms with Gasteiger partial charge in [0.05, 0.1) is 17.4 Å². The number of benzene rings is 1. The van der Waals surface area contributed by atoms with Crippen molar-refractivity contribution in [2.75, 3.05) is 5.32 Å². The molecule has 0 saturated carbocycles. The molecule has 6 nitrogen and oxygen atoms in total. The highest BCUT2D eigenvalue weighted by Gasteiger charge is 2.17. The van der Waals surface area contributed by atoms with Gasteiger partial charge in [-0.2, -0.15) is 0 Å². The highest BCUT2D eigenvalue weighted by molar-refractivity contribution is 7.19. The highest BCUT2D eigenvalue weighted by Crippen LogP contribution is 2.35. The molecule has 29 heavy (non-hydrogen) atoms. The Morgan fingerprint density at radius 1 is 1.10 bits per heavy atom. The standard InChI is InChI=1S/C21H20N4O2S2/c1-12-13(2)29-21(23-12)24-16(26)9-10-25-11-22-19-18(20(25)27)17(14(3)28-19)15-7-5-4-6-8-15/h4-8,11H,9-10H2,1-3H3,(H,23,24,26). The van der Waals surface area contributed by atoms with E-state index in [1.807, 2.05) is 51.1 Å². The van der Waals surface area contributed by atoms with Gasteiger partial charge in [-0.05, 0) is 26.3 Å². The number of aryl methyl sites for hydroxylation is 4. The minimum atomic E-state index is -0.171. The maximum Gasteiger partial charge on any atom is 0.262 e. The fourth-order valence-corrected chi connectivity index (χ4v) is 5.01. The Bertz CT molecular complexity index is 1240. The molecule has 1 aromatic carbocycles. The summed E-state index contributed by atoms with van der Waals surface area (Å²) < 4.78 is 1.51. The molecule has 1 N–H and O–H groups in total. The van der Waals surface area contributed by atoms with Gasteiger partial charge >= 0.3 is 0 Å². The van der Waals surface area contributed by atoms with Gasteiger partial charge in [0.15, 0.2) is 5.13 Å². The molecule has 0 bridgehead atoms. The minimum absolute atomic E-state index is 0.119. The zero-order chi connectivity index (χ0) is 20.5. The van der Waals surface area contributed by atoms with E-state index in [0.717, 1.165) is 31.4 Å². The Morgan fingerprint density at radius 3 is 2.55 bits per heavy atom. The lowest BCUT2D eigenvalue weighted by molar-refractivity contribution is -0.116. The molecule has 0 aliphatic carbocycles. The van der Waals surface area contributed by atoms with Crippen LogP contribution in [0.5, 0.6) is 0 Å². The van der Waals surface area contributed by atoms with Crippen LogP contribution in [-0.4, -0.2) is 20.4 Å². The van der Waals surface area contributed by atoms with Gasteiger partial charge in [-0.3, -0.25) is 14.2 Å². The molecule has 3 aromatic heterocycles. The van der Waals surface area contributed by atoms with Gasteiger partial charge in [-0.25, -0.2) is 9.97 Å². The normalized spacial score (nSPS) is 11.1. The van der Waals surface area contributed by atoms with E-state index in [1.165, 1.54) is 33.6 Å². The van der Waals surface area contributed by atoms with E-state index in [2.05, 4.69) is 15.3 Å². The first kappa shape index (κ1) is 19.5. The predicted octanol–water partition coefficient (Wildman–Crippen LogP) is 4.54. The molecule has 4 rings (SSSR count). The summed E-state index contributed by atoms with van der Waals surface area (Å²) in [5.41, 5.74) is 2.72. The minimum Gasteiger partial charge on any atom is -0.302 e. The number of nitrogens with zero attached hydrogens (tertiary/aromatic N) is 3. The van der Waals surface area contributed by atoms with Crippen molar-refractivity contribution >= 4 is 43.9 Å². The quantitative estimate of drug-likeness (QED) is 0.510. The number of thiophene rings is 1. The Hall–Kier alpha value is -2.84. The molecule has 3 heterocycles. The summed E-state index contributed by atoms with van der Waals surface area (Å²) in [5, 5.41) is 4.01. The Balaban J connectivity index is 1.59. The first-order valence-electron chi connectivity index (χ1n) is 9.22.